The highest BCUT2D eigenvalue weighted by Crippen LogP contribution is 2.70. The molecule has 0 radical (unpaired) electrons. The van der Waals surface area contributed by atoms with Crippen LogP contribution < -0.4 is 9.47 Å². The van der Waals surface area contributed by atoms with Crippen molar-refractivity contribution in [2.24, 2.45) is 0 Å². The smallest absolute Gasteiger partial charge is 0.321 e. The maximum atomic E-state index is 13.2. The Morgan fingerprint density at radius 1 is 1.07 bits per heavy atom. The Kier molecular flexibility index (Phi) is 2.61. The van der Waals surface area contributed by atoms with Crippen LogP contribution >= 0.6 is 0 Å². The molecule has 2 aliphatic carbocycles. The predicted molar refractivity (Wildman–Crippen MR) is 97.9 cm³/mol. The second kappa shape index (κ2) is 4.74. The summed E-state index contributed by atoms with van der Waals surface area (Å²) in [6.07, 6.45) is -0.145. The number of carbonyl (C=O) groups is 3. The molecule has 0 bridgehead atoms. The summed E-state index contributed by atoms with van der Waals surface area (Å²) in [6.45, 7) is 1.23. The van der Waals surface area contributed by atoms with E-state index in [2.05, 4.69) is 0 Å². The molecule has 5 atom stereocenters. The third-order valence-corrected chi connectivity index (χ3v) is 6.59. The summed E-state index contributed by atoms with van der Waals surface area (Å²) in [4.78, 5) is 38.1. The number of benzene rings is 2. The highest BCUT2D eigenvalue weighted by Gasteiger charge is 3.00. The molecule has 5 aliphatic rings. The number of esters is 1. The van der Waals surface area contributed by atoms with Gasteiger partial charge in [-0.15, -0.1) is 0 Å². The molecule has 2 saturated heterocycles. The number of rotatable bonds is 1. The first kappa shape index (κ1) is 16.6. The lowest BCUT2D eigenvalue weighted by molar-refractivity contribution is -0.190. The van der Waals surface area contributed by atoms with Gasteiger partial charge in [-0.3, -0.25) is 14.4 Å². The van der Waals surface area contributed by atoms with Crippen LogP contribution in [-0.4, -0.2) is 52.8 Å². The molecule has 1 saturated carbocycles. The van der Waals surface area contributed by atoms with Gasteiger partial charge < -0.3 is 23.7 Å². The third-order valence-electron chi connectivity index (χ3n) is 6.59. The second-order valence-electron chi connectivity index (χ2n) is 8.10. The molecule has 0 unspecified atom stereocenters. The van der Waals surface area contributed by atoms with Gasteiger partial charge in [-0.25, -0.2) is 0 Å². The standard InChI is InChI=1S/C22H14O8/c1-10(23)26-15-9-8-14(24)21-20(15,30-21)18(25)17-19(27-17)22(21)28-12-6-2-4-11-5-3-7-13(29-22)16(11)12/h2-9,15,17,19H,1H3/t15-,17+,19+,20-,21-/m0/s1. The zero-order chi connectivity index (χ0) is 20.5. The van der Waals surface area contributed by atoms with E-state index < -0.39 is 52.8 Å². The summed E-state index contributed by atoms with van der Waals surface area (Å²) in [5, 5.41) is 1.67. The maximum Gasteiger partial charge on any atom is 0.321 e. The lowest BCUT2D eigenvalue weighted by Gasteiger charge is -2.44. The molecule has 7 rings (SSSR count). The van der Waals surface area contributed by atoms with Crippen molar-refractivity contribution >= 4 is 28.3 Å². The number of fused-ring (bicyclic) bond motifs is 2. The Labute approximate surface area is 169 Å². The Bertz CT molecular complexity index is 1210. The van der Waals surface area contributed by atoms with E-state index in [-0.39, 0.29) is 0 Å². The highest BCUT2D eigenvalue weighted by atomic mass is 16.8. The van der Waals surface area contributed by atoms with Crippen molar-refractivity contribution in [3.63, 3.8) is 0 Å². The number of carbonyl (C=O) groups excluding carboxylic acids is 3. The lowest BCUT2D eigenvalue weighted by Crippen LogP contribution is -2.73. The van der Waals surface area contributed by atoms with E-state index in [0.717, 1.165) is 10.8 Å². The molecule has 30 heavy (non-hydrogen) atoms. The summed E-state index contributed by atoms with van der Waals surface area (Å²) in [5.41, 5.74) is -3.54. The van der Waals surface area contributed by atoms with Crippen LogP contribution in [-0.2, 0) is 28.6 Å². The normalized spacial score (nSPS) is 38.1. The van der Waals surface area contributed by atoms with Gasteiger partial charge in [-0.05, 0) is 29.7 Å². The van der Waals surface area contributed by atoms with Gasteiger partial charge in [0.25, 0.3) is 5.60 Å². The molecule has 2 aromatic carbocycles. The molecule has 3 heterocycles. The molecule has 1 spiro atoms. The number of ketones is 2. The average Bonchev–Trinajstić information content (AvgIpc) is 3.62. The summed E-state index contributed by atoms with van der Waals surface area (Å²) in [7, 11) is 0. The first-order valence-corrected chi connectivity index (χ1v) is 9.64. The van der Waals surface area contributed by atoms with Crippen LogP contribution in [0.4, 0.5) is 0 Å². The van der Waals surface area contributed by atoms with Gasteiger partial charge in [0.1, 0.15) is 11.5 Å². The molecular weight excluding hydrogens is 392 g/mol. The van der Waals surface area contributed by atoms with E-state index >= 15 is 0 Å². The molecular formula is C22H14O8. The average molecular weight is 406 g/mol. The van der Waals surface area contributed by atoms with E-state index in [1.807, 2.05) is 24.3 Å². The largest absolute Gasteiger partial charge is 0.455 e. The first-order chi connectivity index (χ1) is 14.4. The van der Waals surface area contributed by atoms with E-state index in [1.165, 1.54) is 19.1 Å². The van der Waals surface area contributed by atoms with Crippen molar-refractivity contribution in [3.8, 4) is 11.5 Å². The van der Waals surface area contributed by atoms with Crippen LogP contribution in [0, 0.1) is 0 Å². The Morgan fingerprint density at radius 3 is 2.43 bits per heavy atom. The molecule has 2 aromatic rings. The minimum absolute atomic E-state index is 0.439. The van der Waals surface area contributed by atoms with Gasteiger partial charge in [0, 0.05) is 6.92 Å². The molecule has 8 nitrogen and oxygen atoms in total. The predicted octanol–water partition coefficient (Wildman–Crippen LogP) is 1.24. The monoisotopic (exact) mass is 406 g/mol. The van der Waals surface area contributed by atoms with Crippen molar-refractivity contribution in [2.75, 3.05) is 0 Å². The molecule has 0 N–H and O–H groups in total. The van der Waals surface area contributed by atoms with Gasteiger partial charge in [0.05, 0.1) is 5.39 Å². The van der Waals surface area contributed by atoms with E-state index in [0.29, 0.717) is 11.5 Å². The minimum atomic E-state index is -1.81. The lowest BCUT2D eigenvalue weighted by atomic mass is 9.66. The Morgan fingerprint density at radius 2 is 1.77 bits per heavy atom. The fraction of sp³-hybridized carbons (Fsp3) is 0.318. The summed E-state index contributed by atoms with van der Waals surface area (Å²) < 4.78 is 29.7. The van der Waals surface area contributed by atoms with Crippen molar-refractivity contribution in [1.29, 1.82) is 0 Å². The van der Waals surface area contributed by atoms with Crippen molar-refractivity contribution < 1.29 is 38.1 Å². The van der Waals surface area contributed by atoms with Crippen LogP contribution in [0.2, 0.25) is 0 Å². The molecule has 0 amide bonds. The third kappa shape index (κ3) is 1.53. The summed E-state index contributed by atoms with van der Waals surface area (Å²) >= 11 is 0. The number of hydrogen-bond donors (Lipinski definition) is 0. The number of Topliss-reactive ketones (excluding diaryl/α,β-unsaturated/α-hetero) is 1. The van der Waals surface area contributed by atoms with Gasteiger partial charge in [0.15, 0.2) is 24.1 Å². The minimum Gasteiger partial charge on any atom is -0.455 e. The van der Waals surface area contributed by atoms with E-state index in [4.69, 9.17) is 23.7 Å². The number of epoxide rings is 2. The second-order valence-corrected chi connectivity index (χ2v) is 8.10. The van der Waals surface area contributed by atoms with Gasteiger partial charge >= 0.3 is 11.8 Å². The van der Waals surface area contributed by atoms with Crippen LogP contribution in [0.25, 0.3) is 10.8 Å². The maximum absolute atomic E-state index is 13.2. The highest BCUT2D eigenvalue weighted by molar-refractivity contribution is 6.16. The number of hydrogen-bond acceptors (Lipinski definition) is 8. The first-order valence-electron chi connectivity index (χ1n) is 9.64. The molecule has 0 aromatic heterocycles. The van der Waals surface area contributed by atoms with E-state index in [9.17, 15) is 14.4 Å². The van der Waals surface area contributed by atoms with Gasteiger partial charge in [-0.1, -0.05) is 24.3 Å². The van der Waals surface area contributed by atoms with Crippen molar-refractivity contribution in [1.82, 2.24) is 0 Å². The fourth-order valence-corrected chi connectivity index (χ4v) is 5.37. The zero-order valence-corrected chi connectivity index (χ0v) is 15.6. The van der Waals surface area contributed by atoms with Crippen molar-refractivity contribution in [2.45, 2.75) is 42.2 Å². The zero-order valence-electron chi connectivity index (χ0n) is 15.6. The SMILES string of the molecule is CC(=O)O[C@H]1C=CC(=O)[C@]23O[C@]12C(=O)[C@H]1O[C@H]1C31Oc2cccc3cccc(c23)O1. The fourth-order valence-electron chi connectivity index (χ4n) is 5.37. The molecule has 8 heteroatoms. The molecule has 3 aliphatic heterocycles. The summed E-state index contributed by atoms with van der Waals surface area (Å²) in [6, 6.07) is 11.1. The quantitative estimate of drug-likeness (QED) is 0.515. The van der Waals surface area contributed by atoms with Gasteiger partial charge in [-0.2, -0.15) is 0 Å². The van der Waals surface area contributed by atoms with Crippen LogP contribution in [0.3, 0.4) is 0 Å². The number of ether oxygens (including phenoxy) is 5. The summed E-state index contributed by atoms with van der Waals surface area (Å²) in [5.74, 6) is -2.23. The van der Waals surface area contributed by atoms with Crippen LogP contribution in [0.15, 0.2) is 48.6 Å². The van der Waals surface area contributed by atoms with Crippen LogP contribution in [0.5, 0.6) is 11.5 Å². The topological polar surface area (TPSA) is 104 Å². The van der Waals surface area contributed by atoms with Gasteiger partial charge in [0.2, 0.25) is 11.4 Å². The molecule has 150 valence electrons. The van der Waals surface area contributed by atoms with Crippen LogP contribution in [0.1, 0.15) is 6.92 Å². The molecule has 3 fully saturated rings. The Balaban J connectivity index is 1.46. The van der Waals surface area contributed by atoms with Crippen molar-refractivity contribution in [3.05, 3.63) is 48.6 Å². The Hall–Kier alpha value is -3.23. The van der Waals surface area contributed by atoms with E-state index in [1.54, 1.807) is 12.1 Å².